The molecule has 0 aliphatic carbocycles. The molecule has 75 valence electrons. The second kappa shape index (κ2) is 5.66. The third kappa shape index (κ3) is 3.38. The Morgan fingerprint density at radius 2 is 2.21 bits per heavy atom. The molecule has 0 aromatic heterocycles. The van der Waals surface area contributed by atoms with E-state index in [9.17, 15) is 4.79 Å². The van der Waals surface area contributed by atoms with Crippen LogP contribution in [0.2, 0.25) is 0 Å². The Balaban J connectivity index is 2.49. The van der Waals surface area contributed by atoms with E-state index in [-0.39, 0.29) is 5.91 Å². The summed E-state index contributed by atoms with van der Waals surface area (Å²) in [7, 11) is 0. The second-order valence-corrected chi connectivity index (χ2v) is 3.50. The van der Waals surface area contributed by atoms with E-state index < -0.39 is 5.38 Å². The Hall–Kier alpha value is -1.02. The number of rotatable bonds is 4. The molecule has 0 heterocycles. The van der Waals surface area contributed by atoms with E-state index in [4.69, 9.17) is 11.6 Å². The summed E-state index contributed by atoms with van der Waals surface area (Å²) in [5.74, 6) is -0.109. The Morgan fingerprint density at radius 1 is 1.57 bits per heavy atom. The first-order chi connectivity index (χ1) is 6.74. The first-order valence-electron chi connectivity index (χ1n) is 4.60. The average molecular weight is 211 g/mol. The van der Waals surface area contributed by atoms with E-state index in [0.29, 0.717) is 13.0 Å². The van der Waals surface area contributed by atoms with Gasteiger partial charge in [0.25, 0.3) is 0 Å². The van der Waals surface area contributed by atoms with Crippen LogP contribution in [0.5, 0.6) is 0 Å². The van der Waals surface area contributed by atoms with Crippen molar-refractivity contribution in [3.05, 3.63) is 35.9 Å². The summed E-state index contributed by atoms with van der Waals surface area (Å²) in [6, 6.07) is 10.4. The summed E-state index contributed by atoms with van der Waals surface area (Å²) in [5, 5.41) is 2.20. The molecule has 1 aromatic carbocycles. The van der Waals surface area contributed by atoms with E-state index >= 15 is 0 Å². The topological polar surface area (TPSA) is 29.1 Å². The molecule has 1 aromatic rings. The van der Waals surface area contributed by atoms with Crippen molar-refractivity contribution in [1.82, 2.24) is 5.32 Å². The van der Waals surface area contributed by atoms with Gasteiger partial charge < -0.3 is 5.32 Å². The third-order valence-electron chi connectivity index (χ3n) is 1.84. The van der Waals surface area contributed by atoms with E-state index in [2.05, 4.69) is 11.4 Å². The Morgan fingerprint density at radius 3 is 2.79 bits per heavy atom. The Kier molecular flexibility index (Phi) is 4.47. The van der Waals surface area contributed by atoms with E-state index in [0.717, 1.165) is 5.56 Å². The molecule has 0 fully saturated rings. The maximum atomic E-state index is 11.3. The van der Waals surface area contributed by atoms with Crippen LogP contribution in [0.4, 0.5) is 0 Å². The number of nitrogens with one attached hydrogen (secondary N) is 1. The van der Waals surface area contributed by atoms with E-state index in [1.807, 2.05) is 31.2 Å². The summed E-state index contributed by atoms with van der Waals surface area (Å²) in [6.45, 7) is 2.49. The van der Waals surface area contributed by atoms with Gasteiger partial charge in [0.15, 0.2) is 0 Å². The lowest BCUT2D eigenvalue weighted by atomic mass is 10.1. The first kappa shape index (κ1) is 11.1. The number of amides is 1. The number of hydrogen-bond donors (Lipinski definition) is 1. The molecule has 0 spiro atoms. The highest BCUT2D eigenvalue weighted by atomic mass is 35.5. The van der Waals surface area contributed by atoms with Crippen molar-refractivity contribution in [3.8, 4) is 0 Å². The van der Waals surface area contributed by atoms with Crippen molar-refractivity contribution in [1.29, 1.82) is 0 Å². The molecular formula is C11H13ClNO. The molecule has 2 nitrogen and oxygen atoms in total. The number of alkyl halides is 1. The zero-order chi connectivity index (χ0) is 10.4. The highest BCUT2D eigenvalue weighted by Gasteiger charge is 2.14. The molecule has 0 saturated carbocycles. The van der Waals surface area contributed by atoms with Crippen molar-refractivity contribution in [2.45, 2.75) is 18.7 Å². The maximum Gasteiger partial charge on any atom is 0.238 e. The van der Waals surface area contributed by atoms with Crippen molar-refractivity contribution in [3.63, 3.8) is 0 Å². The fraction of sp³-hybridized carbons (Fsp3) is 0.364. The number of carbonyl (C=O) groups excluding carboxylic acids is 1. The molecule has 1 N–H and O–H groups in total. The van der Waals surface area contributed by atoms with Crippen LogP contribution in [0, 0.1) is 6.07 Å². The molecule has 1 amide bonds. The zero-order valence-electron chi connectivity index (χ0n) is 8.09. The fourth-order valence-corrected chi connectivity index (χ4v) is 1.40. The molecule has 14 heavy (non-hydrogen) atoms. The molecule has 0 aliphatic rings. The highest BCUT2D eigenvalue weighted by molar-refractivity contribution is 6.30. The van der Waals surface area contributed by atoms with Gasteiger partial charge in [-0.05, 0) is 25.0 Å². The van der Waals surface area contributed by atoms with Gasteiger partial charge in [-0.2, -0.15) is 0 Å². The summed E-state index contributed by atoms with van der Waals surface area (Å²) >= 11 is 5.92. The standard InChI is InChI=1S/C11H13ClNO/c1-2-13-11(14)10(12)8-9-6-4-3-5-7-9/h4-7,10H,2,8H2,1H3,(H,13,14). The predicted molar refractivity (Wildman–Crippen MR) is 57.3 cm³/mol. The normalized spacial score (nSPS) is 12.1. The largest absolute Gasteiger partial charge is 0.355 e. The summed E-state index contributed by atoms with van der Waals surface area (Å²) in [6.07, 6.45) is 0.558. The van der Waals surface area contributed by atoms with Gasteiger partial charge in [0, 0.05) is 6.54 Å². The van der Waals surface area contributed by atoms with Crippen LogP contribution in [0.3, 0.4) is 0 Å². The lowest BCUT2D eigenvalue weighted by Crippen LogP contribution is -2.32. The number of carbonyl (C=O) groups is 1. The van der Waals surface area contributed by atoms with Gasteiger partial charge in [0.1, 0.15) is 5.38 Å². The Labute approximate surface area is 89.3 Å². The minimum atomic E-state index is -0.489. The third-order valence-corrected chi connectivity index (χ3v) is 2.19. The molecule has 1 radical (unpaired) electrons. The van der Waals surface area contributed by atoms with Crippen molar-refractivity contribution >= 4 is 17.5 Å². The van der Waals surface area contributed by atoms with Crippen LogP contribution in [0.1, 0.15) is 12.5 Å². The number of hydrogen-bond acceptors (Lipinski definition) is 1. The number of halogens is 1. The van der Waals surface area contributed by atoms with E-state index in [1.165, 1.54) is 0 Å². The van der Waals surface area contributed by atoms with E-state index in [1.54, 1.807) is 0 Å². The lowest BCUT2D eigenvalue weighted by molar-refractivity contribution is -0.120. The molecule has 1 atom stereocenters. The van der Waals surface area contributed by atoms with Crippen molar-refractivity contribution in [2.75, 3.05) is 6.54 Å². The maximum absolute atomic E-state index is 11.3. The van der Waals surface area contributed by atoms with Crippen molar-refractivity contribution in [2.24, 2.45) is 0 Å². The second-order valence-electron chi connectivity index (χ2n) is 2.97. The van der Waals surface area contributed by atoms with Gasteiger partial charge in [0.05, 0.1) is 0 Å². The van der Waals surface area contributed by atoms with Crippen molar-refractivity contribution < 1.29 is 4.79 Å². The summed E-state index contributed by atoms with van der Waals surface area (Å²) in [5.41, 5.74) is 1.05. The highest BCUT2D eigenvalue weighted by Crippen LogP contribution is 2.07. The average Bonchev–Trinajstić information content (AvgIpc) is 2.19. The molecular weight excluding hydrogens is 198 g/mol. The van der Waals surface area contributed by atoms with Gasteiger partial charge in [-0.25, -0.2) is 0 Å². The molecule has 3 heteroatoms. The monoisotopic (exact) mass is 210 g/mol. The fourth-order valence-electron chi connectivity index (χ4n) is 1.14. The minimum Gasteiger partial charge on any atom is -0.355 e. The SMILES string of the molecule is CCNC(=O)C(Cl)Cc1cc[c]cc1. The zero-order valence-corrected chi connectivity index (χ0v) is 8.84. The van der Waals surface area contributed by atoms with Crippen LogP contribution in [0.25, 0.3) is 0 Å². The van der Waals surface area contributed by atoms with Crippen LogP contribution in [-0.4, -0.2) is 17.8 Å². The summed E-state index contributed by atoms with van der Waals surface area (Å²) < 4.78 is 0. The molecule has 1 unspecified atom stereocenters. The van der Waals surface area contributed by atoms with Gasteiger partial charge in [0.2, 0.25) is 5.91 Å². The van der Waals surface area contributed by atoms with Crippen LogP contribution >= 0.6 is 11.6 Å². The lowest BCUT2D eigenvalue weighted by Gasteiger charge is -2.08. The molecule has 0 bridgehead atoms. The predicted octanol–water partition coefficient (Wildman–Crippen LogP) is 1.77. The quantitative estimate of drug-likeness (QED) is 0.755. The molecule has 1 rings (SSSR count). The van der Waals surface area contributed by atoms with Gasteiger partial charge in [-0.1, -0.05) is 24.3 Å². The minimum absolute atomic E-state index is 0.109. The smallest absolute Gasteiger partial charge is 0.238 e. The summed E-state index contributed by atoms with van der Waals surface area (Å²) in [4.78, 5) is 11.3. The van der Waals surface area contributed by atoms with Crippen LogP contribution < -0.4 is 5.32 Å². The number of benzene rings is 1. The van der Waals surface area contributed by atoms with Crippen LogP contribution in [0.15, 0.2) is 24.3 Å². The van der Waals surface area contributed by atoms with Gasteiger partial charge in [-0.3, -0.25) is 4.79 Å². The van der Waals surface area contributed by atoms with Gasteiger partial charge >= 0.3 is 0 Å². The molecule has 0 saturated heterocycles. The Bertz CT molecular complexity index is 287. The first-order valence-corrected chi connectivity index (χ1v) is 5.04. The molecule has 0 aliphatic heterocycles. The van der Waals surface area contributed by atoms with Gasteiger partial charge in [-0.15, -0.1) is 11.6 Å². The van der Waals surface area contributed by atoms with Crippen LogP contribution in [-0.2, 0) is 11.2 Å².